The summed E-state index contributed by atoms with van der Waals surface area (Å²) in [4.78, 5) is 18.6. The van der Waals surface area contributed by atoms with Crippen LogP contribution in [0.1, 0.15) is 29.7 Å². The molecule has 27 heavy (non-hydrogen) atoms. The molecule has 138 valence electrons. The fraction of sp³-hybridized carbons (Fsp3) is 0.300. The molecule has 1 atom stereocenters. The third-order valence-corrected chi connectivity index (χ3v) is 5.70. The smallest absolute Gasteiger partial charge is 0.240 e. The summed E-state index contributed by atoms with van der Waals surface area (Å²) in [6.07, 6.45) is 5.75. The highest BCUT2D eigenvalue weighted by molar-refractivity contribution is 8.00. The van der Waals surface area contributed by atoms with Gasteiger partial charge < -0.3 is 4.90 Å². The van der Waals surface area contributed by atoms with Gasteiger partial charge in [-0.3, -0.25) is 14.3 Å². The van der Waals surface area contributed by atoms with Crippen molar-refractivity contribution < 1.29 is 4.79 Å². The number of hydrogen-bond acceptors (Lipinski definition) is 5. The fourth-order valence-electron chi connectivity index (χ4n) is 2.95. The average molecular weight is 379 g/mol. The van der Waals surface area contributed by atoms with E-state index in [4.69, 9.17) is 0 Å². The molecule has 2 heterocycles. The van der Waals surface area contributed by atoms with Crippen LogP contribution in [0.3, 0.4) is 0 Å². The number of pyridine rings is 1. The van der Waals surface area contributed by atoms with Crippen molar-refractivity contribution >= 4 is 17.7 Å². The van der Waals surface area contributed by atoms with E-state index in [-0.39, 0.29) is 11.2 Å². The van der Waals surface area contributed by atoms with Gasteiger partial charge in [0.25, 0.3) is 0 Å². The molecule has 0 bridgehead atoms. The van der Waals surface area contributed by atoms with E-state index in [1.165, 1.54) is 11.8 Å². The molecule has 0 unspecified atom stereocenters. The minimum atomic E-state index is -0.354. The highest BCUT2D eigenvalue weighted by Crippen LogP contribution is 2.44. The van der Waals surface area contributed by atoms with Gasteiger partial charge in [0, 0.05) is 38.1 Å². The van der Waals surface area contributed by atoms with Crippen LogP contribution in [0.4, 0.5) is 0 Å². The first kappa shape index (κ1) is 17.7. The second-order valence-electron chi connectivity index (χ2n) is 6.78. The molecule has 1 amide bonds. The highest BCUT2D eigenvalue weighted by Gasteiger charge is 2.33. The summed E-state index contributed by atoms with van der Waals surface area (Å²) in [6, 6.07) is 14.1. The zero-order valence-corrected chi connectivity index (χ0v) is 16.1. The minimum absolute atomic E-state index is 0.0435. The number of hydrogen-bond donors (Lipinski definition) is 0. The maximum absolute atomic E-state index is 12.9. The van der Waals surface area contributed by atoms with Crippen molar-refractivity contribution in [3.05, 3.63) is 60.4 Å². The first-order chi connectivity index (χ1) is 13.1. The largest absolute Gasteiger partial charge is 0.348 e. The van der Waals surface area contributed by atoms with E-state index < -0.39 is 0 Å². The lowest BCUT2D eigenvalue weighted by molar-refractivity contribution is -0.128. The third-order valence-electron chi connectivity index (χ3n) is 4.51. The SMILES string of the molecule is CN(C)C(=O)[C@H](Sc1nnc(-c2ccncc2)n1C1CC1)c1ccccc1. The monoisotopic (exact) mass is 379 g/mol. The van der Waals surface area contributed by atoms with E-state index in [9.17, 15) is 4.79 Å². The van der Waals surface area contributed by atoms with Gasteiger partial charge >= 0.3 is 0 Å². The number of carbonyl (C=O) groups is 1. The summed E-state index contributed by atoms with van der Waals surface area (Å²) < 4.78 is 2.18. The molecule has 0 aliphatic heterocycles. The van der Waals surface area contributed by atoms with Crippen molar-refractivity contribution in [2.24, 2.45) is 0 Å². The van der Waals surface area contributed by atoms with Crippen molar-refractivity contribution in [3.8, 4) is 11.4 Å². The Balaban J connectivity index is 1.72. The molecule has 1 aliphatic rings. The van der Waals surface area contributed by atoms with Crippen LogP contribution in [0.2, 0.25) is 0 Å². The summed E-state index contributed by atoms with van der Waals surface area (Å²) in [5, 5.41) is 9.32. The molecule has 1 fully saturated rings. The number of carbonyl (C=O) groups excluding carboxylic acids is 1. The third kappa shape index (κ3) is 3.73. The van der Waals surface area contributed by atoms with E-state index >= 15 is 0 Å². The van der Waals surface area contributed by atoms with E-state index in [1.807, 2.05) is 42.5 Å². The van der Waals surface area contributed by atoms with Crippen LogP contribution in [0.25, 0.3) is 11.4 Å². The first-order valence-corrected chi connectivity index (χ1v) is 9.81. The minimum Gasteiger partial charge on any atom is -0.348 e. The average Bonchev–Trinajstić information content (AvgIpc) is 3.46. The fourth-order valence-corrected chi connectivity index (χ4v) is 4.20. The number of likely N-dealkylation sites (N-methyl/N-ethyl adjacent to an activating group) is 1. The molecular formula is C20H21N5OS. The molecule has 0 radical (unpaired) electrons. The van der Waals surface area contributed by atoms with Gasteiger partial charge in [-0.25, -0.2) is 0 Å². The van der Waals surface area contributed by atoms with E-state index in [2.05, 4.69) is 19.7 Å². The standard InChI is InChI=1S/C20H21N5OS/c1-24(2)19(26)17(14-6-4-3-5-7-14)27-20-23-22-18(25(20)16-8-9-16)15-10-12-21-13-11-15/h3-7,10-13,16-17H,8-9H2,1-2H3/t17-/m1/s1. The lowest BCUT2D eigenvalue weighted by Gasteiger charge is -2.20. The van der Waals surface area contributed by atoms with Gasteiger partial charge in [-0.1, -0.05) is 42.1 Å². The summed E-state index contributed by atoms with van der Waals surface area (Å²) in [7, 11) is 3.57. The molecule has 0 N–H and O–H groups in total. The zero-order chi connectivity index (χ0) is 18.8. The van der Waals surface area contributed by atoms with E-state index in [0.29, 0.717) is 6.04 Å². The normalized spacial score (nSPS) is 14.7. The number of thioether (sulfide) groups is 1. The van der Waals surface area contributed by atoms with Crippen molar-refractivity contribution in [1.82, 2.24) is 24.6 Å². The van der Waals surface area contributed by atoms with Gasteiger partial charge in [-0.2, -0.15) is 0 Å². The topological polar surface area (TPSA) is 63.9 Å². The van der Waals surface area contributed by atoms with Crippen LogP contribution in [0.15, 0.2) is 60.0 Å². The van der Waals surface area contributed by atoms with E-state index in [0.717, 1.165) is 34.9 Å². The van der Waals surface area contributed by atoms with Gasteiger partial charge in [0.05, 0.1) is 0 Å². The van der Waals surface area contributed by atoms with Crippen molar-refractivity contribution in [2.45, 2.75) is 29.3 Å². The predicted molar refractivity (Wildman–Crippen MR) is 105 cm³/mol. The van der Waals surface area contributed by atoms with Crippen molar-refractivity contribution in [2.75, 3.05) is 14.1 Å². The second-order valence-corrected chi connectivity index (χ2v) is 7.86. The Bertz CT molecular complexity index is 922. The van der Waals surface area contributed by atoms with Gasteiger partial charge in [-0.15, -0.1) is 10.2 Å². The van der Waals surface area contributed by atoms with Crippen LogP contribution in [0, 0.1) is 0 Å². The van der Waals surface area contributed by atoms with Gasteiger partial charge in [0.2, 0.25) is 5.91 Å². The molecule has 2 aromatic heterocycles. The molecule has 4 rings (SSSR count). The Morgan fingerprint density at radius 1 is 1.11 bits per heavy atom. The van der Waals surface area contributed by atoms with Crippen LogP contribution in [-0.4, -0.2) is 44.7 Å². The molecule has 3 aromatic rings. The Labute approximate surface area is 162 Å². The Kier molecular flexibility index (Phi) is 4.94. The lowest BCUT2D eigenvalue weighted by atomic mass is 10.1. The van der Waals surface area contributed by atoms with Crippen LogP contribution in [-0.2, 0) is 4.79 Å². The molecule has 6 nitrogen and oxygen atoms in total. The molecule has 0 saturated heterocycles. The molecule has 1 aromatic carbocycles. The van der Waals surface area contributed by atoms with Crippen molar-refractivity contribution in [1.29, 1.82) is 0 Å². The summed E-state index contributed by atoms with van der Waals surface area (Å²) >= 11 is 1.47. The maximum Gasteiger partial charge on any atom is 0.240 e. The second kappa shape index (κ2) is 7.52. The Morgan fingerprint density at radius 2 is 1.81 bits per heavy atom. The number of nitrogens with zero attached hydrogens (tertiary/aromatic N) is 5. The quantitative estimate of drug-likeness (QED) is 0.613. The number of rotatable bonds is 6. The zero-order valence-electron chi connectivity index (χ0n) is 15.3. The molecule has 1 saturated carbocycles. The number of benzene rings is 1. The molecular weight excluding hydrogens is 358 g/mol. The van der Waals surface area contributed by atoms with Crippen LogP contribution < -0.4 is 0 Å². The maximum atomic E-state index is 12.9. The number of amides is 1. The lowest BCUT2D eigenvalue weighted by Crippen LogP contribution is -2.27. The van der Waals surface area contributed by atoms with E-state index in [1.54, 1.807) is 31.4 Å². The summed E-state index contributed by atoms with van der Waals surface area (Å²) in [5.74, 6) is 0.883. The van der Waals surface area contributed by atoms with Gasteiger partial charge in [-0.05, 0) is 30.5 Å². The Morgan fingerprint density at radius 3 is 2.44 bits per heavy atom. The van der Waals surface area contributed by atoms with Crippen LogP contribution >= 0.6 is 11.8 Å². The van der Waals surface area contributed by atoms with Crippen LogP contribution in [0.5, 0.6) is 0 Å². The Hall–Kier alpha value is -2.67. The van der Waals surface area contributed by atoms with Gasteiger partial charge in [0.15, 0.2) is 11.0 Å². The van der Waals surface area contributed by atoms with Gasteiger partial charge in [0.1, 0.15) is 5.25 Å². The number of aromatic nitrogens is 4. The predicted octanol–water partition coefficient (Wildman–Crippen LogP) is 3.60. The molecule has 0 spiro atoms. The summed E-state index contributed by atoms with van der Waals surface area (Å²) in [6.45, 7) is 0. The molecule has 7 heteroatoms. The highest BCUT2D eigenvalue weighted by atomic mass is 32.2. The first-order valence-electron chi connectivity index (χ1n) is 8.93. The molecule has 1 aliphatic carbocycles. The summed E-state index contributed by atoms with van der Waals surface area (Å²) in [5.41, 5.74) is 1.96. The van der Waals surface area contributed by atoms with Crippen molar-refractivity contribution in [3.63, 3.8) is 0 Å².